The lowest BCUT2D eigenvalue weighted by molar-refractivity contribution is -0.938. The minimum absolute atomic E-state index is 0. The van der Waals surface area contributed by atoms with Crippen molar-refractivity contribution >= 4 is 17.9 Å². The van der Waals surface area contributed by atoms with Gasteiger partial charge in [0.1, 0.15) is 5.75 Å². The Labute approximate surface area is 250 Å². The molecule has 8 nitrogen and oxygen atoms in total. The van der Waals surface area contributed by atoms with Crippen LogP contribution < -0.4 is 28.7 Å². The quantitative estimate of drug-likeness (QED) is 0.190. The lowest BCUT2D eigenvalue weighted by Crippen LogP contribution is -3.00. The summed E-state index contributed by atoms with van der Waals surface area (Å²) in [6.45, 7) is 19.4. The van der Waals surface area contributed by atoms with Gasteiger partial charge in [-0.15, -0.1) is 5.01 Å². The fraction of sp³-hybridized carbons (Fsp3) is 0.500. The number of nitrogens with zero attached hydrogens (tertiary/aromatic N) is 3. The van der Waals surface area contributed by atoms with Crippen molar-refractivity contribution in [3.63, 3.8) is 0 Å². The van der Waals surface area contributed by atoms with Crippen LogP contribution in [0.25, 0.3) is 0 Å². The lowest BCUT2D eigenvalue weighted by Gasteiger charge is -2.42. The predicted octanol–water partition coefficient (Wildman–Crippen LogP) is 2.89. The van der Waals surface area contributed by atoms with Crippen molar-refractivity contribution in [3.05, 3.63) is 64.2 Å². The molecule has 0 spiro atoms. The van der Waals surface area contributed by atoms with E-state index >= 15 is 0 Å². The van der Waals surface area contributed by atoms with Gasteiger partial charge in [0, 0.05) is 16.7 Å². The summed E-state index contributed by atoms with van der Waals surface area (Å²) in [4.78, 5) is 42.0. The number of hydrogen-bond donors (Lipinski definition) is 0. The van der Waals surface area contributed by atoms with Crippen LogP contribution in [-0.4, -0.2) is 71.4 Å². The maximum absolute atomic E-state index is 14.1. The second-order valence-corrected chi connectivity index (χ2v) is 10.7. The number of methoxy groups -OCH3 is 1. The number of imide groups is 1. The number of hydrazine groups is 1. The minimum atomic E-state index is -0.942. The summed E-state index contributed by atoms with van der Waals surface area (Å²) in [5.41, 5.74) is 2.05. The Bertz CT molecular complexity index is 1140. The third-order valence-electron chi connectivity index (χ3n) is 7.07. The standard InChI is InChI=1S/C30H44N3O5.HI/c1-11-33(12-2,13-3)20-38-29(36)31(28(35)25-15-14-16-26(37-10)23(25)6)32(30(7,8)9)27(34)24-18-21(4)17-22(5)19-24;/h14-19H,11-13,20H2,1-10H3;1H/q+1;/p-1. The van der Waals surface area contributed by atoms with Crippen LogP contribution in [0, 0.1) is 20.8 Å². The number of halogens is 1. The van der Waals surface area contributed by atoms with E-state index in [0.29, 0.717) is 21.4 Å². The van der Waals surface area contributed by atoms with Gasteiger partial charge in [0.15, 0.2) is 0 Å². The van der Waals surface area contributed by atoms with Gasteiger partial charge in [-0.05, 0) is 86.6 Å². The van der Waals surface area contributed by atoms with Crippen LogP contribution in [0.3, 0.4) is 0 Å². The molecule has 0 aliphatic rings. The summed E-state index contributed by atoms with van der Waals surface area (Å²) in [5, 5.41) is 2.07. The molecule has 2 aromatic carbocycles. The topological polar surface area (TPSA) is 76.2 Å². The molecule has 0 aromatic heterocycles. The molecule has 0 unspecified atom stereocenters. The van der Waals surface area contributed by atoms with Crippen LogP contribution in [0.5, 0.6) is 5.75 Å². The van der Waals surface area contributed by atoms with Crippen molar-refractivity contribution in [2.24, 2.45) is 0 Å². The van der Waals surface area contributed by atoms with Gasteiger partial charge >= 0.3 is 6.09 Å². The van der Waals surface area contributed by atoms with Crippen LogP contribution in [0.15, 0.2) is 36.4 Å². The van der Waals surface area contributed by atoms with E-state index in [2.05, 4.69) is 0 Å². The number of quaternary nitrogens is 1. The lowest BCUT2D eigenvalue weighted by atomic mass is 10.0. The predicted molar refractivity (Wildman–Crippen MR) is 149 cm³/mol. The Kier molecular flexibility index (Phi) is 12.4. The van der Waals surface area contributed by atoms with Crippen LogP contribution in [0.4, 0.5) is 4.79 Å². The molecule has 9 heteroatoms. The van der Waals surface area contributed by atoms with Crippen LogP contribution in [-0.2, 0) is 4.74 Å². The normalized spacial score (nSPS) is 11.3. The third kappa shape index (κ3) is 7.94. The van der Waals surface area contributed by atoms with E-state index in [1.165, 1.54) is 12.1 Å². The van der Waals surface area contributed by atoms with E-state index in [1.807, 2.05) is 40.7 Å². The third-order valence-corrected chi connectivity index (χ3v) is 7.07. The molecule has 0 aliphatic heterocycles. The monoisotopic (exact) mass is 653 g/mol. The molecular formula is C30H44IN3O5. The number of carbonyl (C=O) groups excluding carboxylic acids is 3. The van der Waals surface area contributed by atoms with Crippen molar-refractivity contribution in [2.45, 2.75) is 67.9 Å². The Morgan fingerprint density at radius 1 is 0.872 bits per heavy atom. The van der Waals surface area contributed by atoms with Gasteiger partial charge in [0.05, 0.1) is 32.3 Å². The van der Waals surface area contributed by atoms with Gasteiger partial charge in [0.25, 0.3) is 11.8 Å². The summed E-state index contributed by atoms with van der Waals surface area (Å²) in [6, 6.07) is 10.5. The molecule has 0 N–H and O–H groups in total. The summed E-state index contributed by atoms with van der Waals surface area (Å²) < 4.78 is 11.8. The van der Waals surface area contributed by atoms with Crippen molar-refractivity contribution in [2.75, 3.05) is 33.5 Å². The SMILES string of the molecule is CC[N+](CC)(CC)COC(=O)N(C(=O)c1cccc(OC)c1C)N(C(=O)c1cc(C)cc(C)c1)C(C)(C)C.[I-]. The molecule has 2 rings (SSSR count). The first-order valence-electron chi connectivity index (χ1n) is 13.2. The van der Waals surface area contributed by atoms with Crippen molar-refractivity contribution in [1.82, 2.24) is 10.0 Å². The van der Waals surface area contributed by atoms with E-state index in [4.69, 9.17) is 9.47 Å². The molecule has 0 heterocycles. The molecule has 0 saturated carbocycles. The van der Waals surface area contributed by atoms with E-state index in [9.17, 15) is 14.4 Å². The van der Waals surface area contributed by atoms with Gasteiger partial charge < -0.3 is 33.5 Å². The number of carbonyl (C=O) groups is 3. The zero-order chi connectivity index (χ0) is 28.8. The van der Waals surface area contributed by atoms with E-state index in [1.54, 1.807) is 58.0 Å². The number of ether oxygens (including phenoxy) is 2. The van der Waals surface area contributed by atoms with E-state index in [-0.39, 0.29) is 36.3 Å². The van der Waals surface area contributed by atoms with Crippen molar-refractivity contribution in [3.8, 4) is 5.75 Å². The minimum Gasteiger partial charge on any atom is -1.00 e. The number of hydrogen-bond acceptors (Lipinski definition) is 5. The van der Waals surface area contributed by atoms with Crippen LogP contribution in [0.2, 0.25) is 0 Å². The van der Waals surface area contributed by atoms with Gasteiger partial charge in [0.2, 0.25) is 6.73 Å². The summed E-state index contributed by atoms with van der Waals surface area (Å²) in [5.74, 6) is -0.634. The van der Waals surface area contributed by atoms with Gasteiger partial charge in [-0.25, -0.2) is 9.80 Å². The first-order chi connectivity index (χ1) is 17.7. The number of amides is 3. The smallest absolute Gasteiger partial charge is 0.440 e. The average Bonchev–Trinajstić information content (AvgIpc) is 2.86. The van der Waals surface area contributed by atoms with E-state index in [0.717, 1.165) is 35.8 Å². The Morgan fingerprint density at radius 3 is 1.87 bits per heavy atom. The number of benzene rings is 2. The van der Waals surface area contributed by atoms with Crippen molar-refractivity contribution in [1.29, 1.82) is 0 Å². The first kappa shape index (κ1) is 34.4. The molecule has 3 amide bonds. The average molecular weight is 654 g/mol. The Balaban J connectivity index is 0.00000760. The second-order valence-electron chi connectivity index (χ2n) is 10.7. The fourth-order valence-corrected chi connectivity index (χ4v) is 4.55. The first-order valence-corrected chi connectivity index (χ1v) is 13.2. The molecule has 0 bridgehead atoms. The summed E-state index contributed by atoms with van der Waals surface area (Å²) >= 11 is 0. The molecule has 0 fully saturated rings. The molecule has 0 aliphatic carbocycles. The van der Waals surface area contributed by atoms with Gasteiger partial charge in [-0.2, -0.15) is 0 Å². The van der Waals surface area contributed by atoms with Gasteiger partial charge in [-0.1, -0.05) is 23.3 Å². The molecule has 39 heavy (non-hydrogen) atoms. The highest BCUT2D eigenvalue weighted by molar-refractivity contribution is 6.07. The zero-order valence-electron chi connectivity index (χ0n) is 25.1. The van der Waals surface area contributed by atoms with Gasteiger partial charge in [-0.3, -0.25) is 14.1 Å². The highest BCUT2D eigenvalue weighted by Crippen LogP contribution is 2.28. The number of rotatable bonds is 8. The van der Waals surface area contributed by atoms with Crippen LogP contribution >= 0.6 is 0 Å². The highest BCUT2D eigenvalue weighted by atomic mass is 127. The Morgan fingerprint density at radius 2 is 1.41 bits per heavy atom. The zero-order valence-corrected chi connectivity index (χ0v) is 27.2. The van der Waals surface area contributed by atoms with Crippen molar-refractivity contribution < 1.29 is 52.3 Å². The molecule has 216 valence electrons. The largest absolute Gasteiger partial charge is 1.00 e. The molecule has 2 aromatic rings. The summed E-state index contributed by atoms with van der Waals surface area (Å²) in [7, 11) is 1.52. The fourth-order valence-electron chi connectivity index (χ4n) is 4.55. The molecule has 0 radical (unpaired) electrons. The molecular weight excluding hydrogens is 609 g/mol. The molecule has 0 saturated heterocycles. The second kappa shape index (κ2) is 14.1. The Hall–Kier alpha value is -2.66. The maximum atomic E-state index is 14.1. The van der Waals surface area contributed by atoms with E-state index < -0.39 is 23.4 Å². The number of aryl methyl sites for hydroxylation is 2. The molecule has 0 atom stereocenters. The summed E-state index contributed by atoms with van der Waals surface area (Å²) in [6.07, 6.45) is -0.900. The van der Waals surface area contributed by atoms with Crippen LogP contribution in [0.1, 0.15) is 78.9 Å². The highest BCUT2D eigenvalue weighted by Gasteiger charge is 2.42. The maximum Gasteiger partial charge on any atom is 0.440 e.